The first kappa shape index (κ1) is 13.5. The molecule has 0 fully saturated rings. The topological polar surface area (TPSA) is 54.0 Å². The minimum absolute atomic E-state index is 0.360. The fourth-order valence-electron chi connectivity index (χ4n) is 2.38. The molecule has 0 amide bonds. The van der Waals surface area contributed by atoms with E-state index < -0.39 is 0 Å². The first-order valence-corrected chi connectivity index (χ1v) is 8.12. The fraction of sp³-hybridized carbons (Fsp3) is 0.0625. The Labute approximate surface area is 136 Å². The van der Waals surface area contributed by atoms with E-state index in [2.05, 4.69) is 10.1 Å². The van der Waals surface area contributed by atoms with Crippen molar-refractivity contribution in [3.05, 3.63) is 64.6 Å². The summed E-state index contributed by atoms with van der Waals surface area (Å²) < 4.78 is 1.61. The molecule has 0 atom stereocenters. The van der Waals surface area contributed by atoms with Gasteiger partial charge in [-0.05, 0) is 29.8 Å². The number of para-hydroxylation sites is 1. The van der Waals surface area contributed by atoms with E-state index in [4.69, 9.17) is 17.0 Å². The van der Waals surface area contributed by atoms with E-state index in [1.807, 2.05) is 48.5 Å². The lowest BCUT2D eigenvalue weighted by Crippen LogP contribution is -2.25. The standard InChI is InChI=1S/C16H11ClN4S/c17-11-7-5-10(6-8-11)14-9-22-16-19-13-4-2-1-3-12(13)15(18)21(16)20-14/h1-8,18H,9H2. The van der Waals surface area contributed by atoms with Crippen LogP contribution in [0.15, 0.2) is 58.8 Å². The summed E-state index contributed by atoms with van der Waals surface area (Å²) >= 11 is 7.52. The molecule has 0 spiro atoms. The Kier molecular flexibility index (Phi) is 3.24. The molecule has 1 aliphatic heterocycles. The molecular weight excluding hydrogens is 316 g/mol. The Morgan fingerprint density at radius 2 is 1.86 bits per heavy atom. The average molecular weight is 327 g/mol. The molecule has 0 saturated heterocycles. The van der Waals surface area contributed by atoms with Crippen LogP contribution in [0.2, 0.25) is 5.02 Å². The van der Waals surface area contributed by atoms with Crippen LogP contribution in [-0.2, 0) is 0 Å². The second-order valence-corrected chi connectivity index (χ2v) is 6.29. The molecule has 22 heavy (non-hydrogen) atoms. The number of fused-ring (bicyclic) bond motifs is 2. The van der Waals surface area contributed by atoms with Crippen molar-refractivity contribution >= 4 is 40.0 Å². The second kappa shape index (κ2) is 5.26. The third-order valence-electron chi connectivity index (χ3n) is 3.50. The van der Waals surface area contributed by atoms with E-state index in [1.54, 1.807) is 16.4 Å². The van der Waals surface area contributed by atoms with Crippen molar-refractivity contribution in [2.24, 2.45) is 5.10 Å². The number of halogens is 1. The molecule has 0 bridgehead atoms. The highest BCUT2D eigenvalue weighted by molar-refractivity contribution is 7.99. The van der Waals surface area contributed by atoms with Crippen molar-refractivity contribution in [2.75, 3.05) is 5.75 Å². The van der Waals surface area contributed by atoms with Crippen LogP contribution in [0.25, 0.3) is 10.9 Å². The zero-order valence-corrected chi connectivity index (χ0v) is 13.0. The van der Waals surface area contributed by atoms with Crippen molar-refractivity contribution < 1.29 is 0 Å². The molecule has 0 unspecified atom stereocenters. The quantitative estimate of drug-likeness (QED) is 0.695. The summed E-state index contributed by atoms with van der Waals surface area (Å²) in [5.74, 6) is 0.729. The summed E-state index contributed by atoms with van der Waals surface area (Å²) in [6.07, 6.45) is 0. The summed E-state index contributed by atoms with van der Waals surface area (Å²) in [5, 5.41) is 15.3. The molecular formula is C16H11ClN4S. The van der Waals surface area contributed by atoms with Gasteiger partial charge in [0.2, 0.25) is 0 Å². The van der Waals surface area contributed by atoms with Gasteiger partial charge in [0.25, 0.3) is 0 Å². The summed E-state index contributed by atoms with van der Waals surface area (Å²) in [6, 6.07) is 15.3. The monoisotopic (exact) mass is 326 g/mol. The van der Waals surface area contributed by atoms with Gasteiger partial charge in [-0.25, -0.2) is 4.98 Å². The number of aromatic nitrogens is 2. The van der Waals surface area contributed by atoms with Crippen LogP contribution in [0.5, 0.6) is 0 Å². The molecule has 2 heterocycles. The molecule has 1 aliphatic rings. The van der Waals surface area contributed by atoms with E-state index in [0.717, 1.165) is 33.1 Å². The maximum absolute atomic E-state index is 8.39. The van der Waals surface area contributed by atoms with Gasteiger partial charge in [-0.15, -0.1) is 0 Å². The van der Waals surface area contributed by atoms with Crippen molar-refractivity contribution in [2.45, 2.75) is 5.16 Å². The minimum Gasteiger partial charge on any atom is -0.282 e. The van der Waals surface area contributed by atoms with Crippen LogP contribution >= 0.6 is 23.4 Å². The molecule has 4 rings (SSSR count). The summed E-state index contributed by atoms with van der Waals surface area (Å²) in [7, 11) is 0. The molecule has 1 N–H and O–H groups in total. The third kappa shape index (κ3) is 2.23. The van der Waals surface area contributed by atoms with E-state index in [-0.39, 0.29) is 0 Å². The highest BCUT2D eigenvalue weighted by Crippen LogP contribution is 2.23. The molecule has 2 aromatic carbocycles. The number of hydrogen-bond donors (Lipinski definition) is 1. The highest BCUT2D eigenvalue weighted by Gasteiger charge is 2.17. The number of nitrogens with one attached hydrogen (secondary N) is 1. The van der Waals surface area contributed by atoms with Crippen LogP contribution in [0, 0.1) is 5.41 Å². The maximum Gasteiger partial charge on any atom is 0.191 e. The van der Waals surface area contributed by atoms with E-state index >= 15 is 0 Å². The van der Waals surface area contributed by atoms with Crippen molar-refractivity contribution in [1.29, 1.82) is 5.41 Å². The predicted molar refractivity (Wildman–Crippen MR) is 89.7 cm³/mol. The van der Waals surface area contributed by atoms with E-state index in [1.165, 1.54) is 0 Å². The van der Waals surface area contributed by atoms with E-state index in [9.17, 15) is 0 Å². The van der Waals surface area contributed by atoms with Crippen LogP contribution in [0.1, 0.15) is 5.56 Å². The third-order valence-corrected chi connectivity index (χ3v) is 4.70. The van der Waals surface area contributed by atoms with Crippen molar-refractivity contribution in [3.8, 4) is 0 Å². The number of nitrogens with zero attached hydrogens (tertiary/aromatic N) is 3. The number of rotatable bonds is 1. The lowest BCUT2D eigenvalue weighted by atomic mass is 10.1. The largest absolute Gasteiger partial charge is 0.282 e. The van der Waals surface area contributed by atoms with Gasteiger partial charge < -0.3 is 0 Å². The summed E-state index contributed by atoms with van der Waals surface area (Å²) in [4.78, 5) is 4.60. The van der Waals surface area contributed by atoms with E-state index in [0.29, 0.717) is 10.5 Å². The molecule has 4 nitrogen and oxygen atoms in total. The Bertz CT molecular complexity index is 960. The zero-order valence-electron chi connectivity index (χ0n) is 11.5. The van der Waals surface area contributed by atoms with Gasteiger partial charge >= 0.3 is 0 Å². The highest BCUT2D eigenvalue weighted by atomic mass is 35.5. The lowest BCUT2D eigenvalue weighted by molar-refractivity contribution is 0.677. The number of thioether (sulfide) groups is 1. The van der Waals surface area contributed by atoms with Gasteiger partial charge in [-0.2, -0.15) is 9.78 Å². The minimum atomic E-state index is 0.360. The van der Waals surface area contributed by atoms with Crippen LogP contribution in [0.3, 0.4) is 0 Å². The van der Waals surface area contributed by atoms with Crippen LogP contribution in [0.4, 0.5) is 0 Å². The molecule has 108 valence electrons. The predicted octanol–water partition coefficient (Wildman–Crippen LogP) is 3.53. The maximum atomic E-state index is 8.39. The Hall–Kier alpha value is -2.11. The Balaban J connectivity index is 1.90. The molecule has 0 saturated carbocycles. The van der Waals surface area contributed by atoms with Gasteiger partial charge in [-0.3, -0.25) is 5.41 Å². The Morgan fingerprint density at radius 1 is 1.09 bits per heavy atom. The molecule has 3 aromatic rings. The van der Waals surface area contributed by atoms with Gasteiger partial charge in [0, 0.05) is 16.2 Å². The first-order valence-electron chi connectivity index (χ1n) is 6.75. The number of benzene rings is 2. The summed E-state index contributed by atoms with van der Waals surface area (Å²) in [6.45, 7) is 0. The van der Waals surface area contributed by atoms with Gasteiger partial charge in [0.05, 0.1) is 11.2 Å². The van der Waals surface area contributed by atoms with Gasteiger partial charge in [-0.1, -0.05) is 47.6 Å². The molecule has 6 heteroatoms. The second-order valence-electron chi connectivity index (χ2n) is 4.91. The average Bonchev–Trinajstić information content (AvgIpc) is 2.56. The number of hydrogen-bond acceptors (Lipinski definition) is 4. The lowest BCUT2D eigenvalue weighted by Gasteiger charge is -2.17. The fourth-order valence-corrected chi connectivity index (χ4v) is 3.42. The SMILES string of the molecule is N=c1c2ccccc2nc2n1N=C(c1ccc(Cl)cc1)CS2. The van der Waals surface area contributed by atoms with Crippen LogP contribution in [-0.4, -0.2) is 21.1 Å². The van der Waals surface area contributed by atoms with Crippen molar-refractivity contribution in [1.82, 2.24) is 9.66 Å². The van der Waals surface area contributed by atoms with Gasteiger partial charge in [0.15, 0.2) is 10.6 Å². The zero-order chi connectivity index (χ0) is 15.1. The summed E-state index contributed by atoms with van der Waals surface area (Å²) in [5.41, 5.74) is 3.13. The van der Waals surface area contributed by atoms with Crippen molar-refractivity contribution in [3.63, 3.8) is 0 Å². The molecule has 0 aliphatic carbocycles. The molecule has 0 radical (unpaired) electrons. The molecule has 1 aromatic heterocycles. The Morgan fingerprint density at radius 3 is 2.68 bits per heavy atom. The smallest absolute Gasteiger partial charge is 0.191 e. The first-order chi connectivity index (χ1) is 10.7. The normalized spacial score (nSPS) is 13.8. The van der Waals surface area contributed by atoms with Crippen LogP contribution < -0.4 is 5.49 Å². The van der Waals surface area contributed by atoms with Gasteiger partial charge in [0.1, 0.15) is 0 Å².